The lowest BCUT2D eigenvalue weighted by Gasteiger charge is -2.33. The number of piperidine rings is 1. The highest BCUT2D eigenvalue weighted by Gasteiger charge is 2.32. The highest BCUT2D eigenvalue weighted by molar-refractivity contribution is 5.88. The highest BCUT2D eigenvalue weighted by Crippen LogP contribution is 2.30. The molecule has 3 heterocycles. The highest BCUT2D eigenvalue weighted by atomic mass is 16.5. The van der Waals surface area contributed by atoms with E-state index in [1.807, 2.05) is 23.1 Å². The van der Waals surface area contributed by atoms with Gasteiger partial charge >= 0.3 is 5.97 Å². The van der Waals surface area contributed by atoms with Crippen molar-refractivity contribution in [1.29, 1.82) is 5.26 Å². The Hall–Kier alpha value is -3.93. The molecule has 2 aromatic heterocycles. The summed E-state index contributed by atoms with van der Waals surface area (Å²) < 4.78 is 10.1. The lowest BCUT2D eigenvalue weighted by Crippen LogP contribution is -2.39. The van der Waals surface area contributed by atoms with Gasteiger partial charge in [-0.15, -0.1) is 0 Å². The number of carbonyl (C=O) groups excluding carboxylic acids is 2. The van der Waals surface area contributed by atoms with Crippen molar-refractivity contribution in [3.8, 4) is 6.07 Å². The molecule has 0 aliphatic carbocycles. The molecule has 164 valence electrons. The Kier molecular flexibility index (Phi) is 6.31. The van der Waals surface area contributed by atoms with Crippen molar-refractivity contribution in [1.82, 2.24) is 15.3 Å². The van der Waals surface area contributed by atoms with E-state index in [1.165, 1.54) is 13.4 Å². The third kappa shape index (κ3) is 4.39. The average Bonchev–Trinajstić information content (AvgIpc) is 3.36. The number of benzene rings is 1. The minimum absolute atomic E-state index is 0.170. The quantitative estimate of drug-likeness (QED) is 0.589. The maximum absolute atomic E-state index is 12.9. The minimum Gasteiger partial charge on any atom is -0.469 e. The number of hydrogen-bond donors (Lipinski definition) is 1. The molecule has 0 unspecified atom stereocenters. The fourth-order valence-electron chi connectivity index (χ4n) is 3.86. The van der Waals surface area contributed by atoms with Gasteiger partial charge in [-0.2, -0.15) is 5.26 Å². The van der Waals surface area contributed by atoms with Gasteiger partial charge in [0.25, 0.3) is 0 Å². The molecule has 0 radical (unpaired) electrons. The number of nitrogens with zero attached hydrogens (tertiary/aromatic N) is 4. The molecule has 0 saturated carbocycles. The molecule has 9 nitrogen and oxygen atoms in total. The van der Waals surface area contributed by atoms with E-state index in [1.54, 1.807) is 18.2 Å². The number of ether oxygens (including phenoxy) is 1. The van der Waals surface area contributed by atoms with Crippen LogP contribution in [0.2, 0.25) is 0 Å². The number of anilines is 1. The fourth-order valence-corrected chi connectivity index (χ4v) is 3.86. The van der Waals surface area contributed by atoms with Gasteiger partial charge in [0, 0.05) is 13.1 Å². The number of hydrogen-bond acceptors (Lipinski definition) is 8. The van der Waals surface area contributed by atoms with Crippen LogP contribution in [0.4, 0.5) is 5.82 Å². The van der Waals surface area contributed by atoms with Crippen LogP contribution < -0.4 is 10.2 Å². The van der Waals surface area contributed by atoms with Crippen molar-refractivity contribution < 1.29 is 18.7 Å². The van der Waals surface area contributed by atoms with Crippen molar-refractivity contribution in [3.63, 3.8) is 0 Å². The predicted octanol–water partition coefficient (Wildman–Crippen LogP) is 2.54. The first-order valence-electron chi connectivity index (χ1n) is 10.4. The first-order chi connectivity index (χ1) is 15.6. The molecule has 1 fully saturated rings. The zero-order valence-corrected chi connectivity index (χ0v) is 17.7. The molecule has 32 heavy (non-hydrogen) atoms. The molecule has 1 amide bonds. The normalized spacial score (nSPS) is 15.2. The van der Waals surface area contributed by atoms with Gasteiger partial charge in [-0.05, 0) is 37.1 Å². The molecular weight excluding hydrogens is 410 g/mol. The monoisotopic (exact) mass is 433 g/mol. The van der Waals surface area contributed by atoms with E-state index in [9.17, 15) is 14.9 Å². The second-order valence-electron chi connectivity index (χ2n) is 7.56. The number of amides is 1. The van der Waals surface area contributed by atoms with Crippen molar-refractivity contribution in [2.45, 2.75) is 25.3 Å². The Morgan fingerprint density at radius 2 is 1.94 bits per heavy atom. The van der Waals surface area contributed by atoms with E-state index in [0.717, 1.165) is 0 Å². The molecule has 4 rings (SSSR count). The van der Waals surface area contributed by atoms with Crippen molar-refractivity contribution >= 4 is 28.7 Å². The molecule has 1 N–H and O–H groups in total. The number of esters is 1. The first-order valence-corrected chi connectivity index (χ1v) is 10.4. The second kappa shape index (κ2) is 9.47. The Balaban J connectivity index is 1.64. The minimum atomic E-state index is -1.14. The summed E-state index contributed by atoms with van der Waals surface area (Å²) >= 11 is 0. The third-order valence-corrected chi connectivity index (χ3v) is 5.59. The largest absolute Gasteiger partial charge is 0.469 e. The van der Waals surface area contributed by atoms with Crippen LogP contribution >= 0.6 is 0 Å². The van der Waals surface area contributed by atoms with Gasteiger partial charge in [0.05, 0.1) is 42.9 Å². The number of para-hydroxylation sites is 2. The van der Waals surface area contributed by atoms with E-state index in [4.69, 9.17) is 14.1 Å². The molecule has 9 heteroatoms. The lowest BCUT2D eigenvalue weighted by molar-refractivity contribution is -0.146. The van der Waals surface area contributed by atoms with Crippen LogP contribution in [-0.4, -0.2) is 42.0 Å². The first kappa shape index (κ1) is 21.3. The summed E-state index contributed by atoms with van der Waals surface area (Å²) in [4.78, 5) is 36.2. The second-order valence-corrected chi connectivity index (χ2v) is 7.56. The van der Waals surface area contributed by atoms with Crippen LogP contribution in [0.15, 0.2) is 47.1 Å². The van der Waals surface area contributed by atoms with E-state index >= 15 is 0 Å². The number of rotatable bonds is 6. The van der Waals surface area contributed by atoms with Gasteiger partial charge in [-0.3, -0.25) is 9.59 Å². The van der Waals surface area contributed by atoms with Crippen LogP contribution in [0, 0.1) is 17.2 Å². The van der Waals surface area contributed by atoms with Crippen LogP contribution in [0.3, 0.4) is 0 Å². The van der Waals surface area contributed by atoms with Gasteiger partial charge < -0.3 is 19.4 Å². The van der Waals surface area contributed by atoms with Crippen molar-refractivity contribution in [3.05, 3.63) is 54.1 Å². The standard InChI is InChI=1S/C23H23N5O4/c1-31-23(30)15-8-10-28(11-9-15)21-20(26-18-6-2-3-7-19(18)27-21)17(13-24)22(29)25-14-16-5-4-12-32-16/h2-7,12,15,17H,8-11,14H2,1H3,(H,25,29)/t17-/m0/s1. The Bertz CT molecular complexity index is 1150. The average molecular weight is 433 g/mol. The zero-order chi connectivity index (χ0) is 22.5. The number of nitriles is 1. The molecule has 1 saturated heterocycles. The predicted molar refractivity (Wildman–Crippen MR) is 115 cm³/mol. The van der Waals surface area contributed by atoms with Gasteiger partial charge in [0.15, 0.2) is 11.7 Å². The van der Waals surface area contributed by atoms with E-state index in [0.29, 0.717) is 54.2 Å². The van der Waals surface area contributed by atoms with E-state index in [-0.39, 0.29) is 18.4 Å². The summed E-state index contributed by atoms with van der Waals surface area (Å²) in [5.74, 6) is -0.927. The number of methoxy groups -OCH3 is 1. The number of furan rings is 1. The zero-order valence-electron chi connectivity index (χ0n) is 17.7. The molecule has 0 bridgehead atoms. The van der Waals surface area contributed by atoms with Gasteiger partial charge in [-0.1, -0.05) is 12.1 Å². The molecule has 1 aliphatic rings. The van der Waals surface area contributed by atoms with Gasteiger partial charge in [-0.25, -0.2) is 9.97 Å². The number of aromatic nitrogens is 2. The SMILES string of the molecule is COC(=O)C1CCN(c2nc3ccccc3nc2[C@H](C#N)C(=O)NCc2ccco2)CC1. The Morgan fingerprint density at radius 3 is 2.56 bits per heavy atom. The number of fused-ring (bicyclic) bond motifs is 1. The maximum Gasteiger partial charge on any atom is 0.308 e. The van der Waals surface area contributed by atoms with Crippen molar-refractivity contribution in [2.24, 2.45) is 5.92 Å². The summed E-state index contributed by atoms with van der Waals surface area (Å²) in [6.45, 7) is 1.27. The molecule has 1 aromatic carbocycles. The fraction of sp³-hybridized carbons (Fsp3) is 0.348. The van der Waals surface area contributed by atoms with E-state index in [2.05, 4.69) is 16.4 Å². The topological polar surface area (TPSA) is 121 Å². The third-order valence-electron chi connectivity index (χ3n) is 5.59. The summed E-state index contributed by atoms with van der Waals surface area (Å²) in [6.07, 6.45) is 2.72. The summed E-state index contributed by atoms with van der Waals surface area (Å²) in [6, 6.07) is 12.9. The summed E-state index contributed by atoms with van der Waals surface area (Å²) in [5.41, 5.74) is 1.59. The summed E-state index contributed by atoms with van der Waals surface area (Å²) in [7, 11) is 1.39. The maximum atomic E-state index is 12.9. The number of nitrogens with one attached hydrogen (secondary N) is 1. The summed E-state index contributed by atoms with van der Waals surface area (Å²) in [5, 5.41) is 12.6. The molecule has 1 aliphatic heterocycles. The molecule has 1 atom stereocenters. The van der Waals surface area contributed by atoms with Crippen LogP contribution in [0.25, 0.3) is 11.0 Å². The Labute approximate surface area is 185 Å². The van der Waals surface area contributed by atoms with Crippen molar-refractivity contribution in [2.75, 3.05) is 25.1 Å². The number of carbonyl (C=O) groups is 2. The smallest absolute Gasteiger partial charge is 0.308 e. The molecule has 3 aromatic rings. The molecule has 0 spiro atoms. The molecular formula is C23H23N5O4. The Morgan fingerprint density at radius 1 is 1.22 bits per heavy atom. The van der Waals surface area contributed by atoms with Gasteiger partial charge in [0.2, 0.25) is 5.91 Å². The van der Waals surface area contributed by atoms with Gasteiger partial charge in [0.1, 0.15) is 11.5 Å². The van der Waals surface area contributed by atoms with Crippen LogP contribution in [-0.2, 0) is 20.9 Å². The van der Waals surface area contributed by atoms with Crippen LogP contribution in [0.5, 0.6) is 0 Å². The lowest BCUT2D eigenvalue weighted by atomic mass is 9.96. The van der Waals surface area contributed by atoms with E-state index < -0.39 is 11.8 Å². The van der Waals surface area contributed by atoms with Crippen LogP contribution in [0.1, 0.15) is 30.2 Å².